The first-order valence-electron chi connectivity index (χ1n) is 3.17. The molecular formula is C7H12O3. The fourth-order valence-electron chi connectivity index (χ4n) is 0.628. The average Bonchev–Trinajstić information content (AvgIpc) is 1.87. The van der Waals surface area contributed by atoms with Crippen LogP contribution in [0.1, 0.15) is 19.8 Å². The molecule has 0 saturated carbocycles. The Hall–Kier alpha value is -0.990. The molecule has 0 unspecified atom stereocenters. The third-order valence-electron chi connectivity index (χ3n) is 1.05. The molecule has 0 fully saturated rings. The summed E-state index contributed by atoms with van der Waals surface area (Å²) in [6.45, 7) is 1.92. The lowest BCUT2D eigenvalue weighted by Crippen LogP contribution is -2.00. The molecule has 0 rings (SSSR count). The number of hydrogen-bond acceptors (Lipinski definition) is 2. The molecule has 0 spiro atoms. The number of carboxylic acid groups (broad SMARTS) is 1. The van der Waals surface area contributed by atoms with Crippen LogP contribution in [0.3, 0.4) is 0 Å². The highest BCUT2D eigenvalue weighted by Gasteiger charge is 2.04. The van der Waals surface area contributed by atoms with Crippen molar-refractivity contribution in [2.24, 2.45) is 0 Å². The van der Waals surface area contributed by atoms with Gasteiger partial charge in [0.05, 0.1) is 18.9 Å². The first-order valence-corrected chi connectivity index (χ1v) is 3.17. The van der Waals surface area contributed by atoms with Gasteiger partial charge in [0, 0.05) is 0 Å². The van der Waals surface area contributed by atoms with E-state index in [0.29, 0.717) is 12.0 Å². The first-order chi connectivity index (χ1) is 4.72. The molecule has 10 heavy (non-hydrogen) atoms. The largest absolute Gasteiger partial charge is 0.504 e. The summed E-state index contributed by atoms with van der Waals surface area (Å²) in [5, 5.41) is 8.49. The van der Waals surface area contributed by atoms with Crippen molar-refractivity contribution in [2.75, 3.05) is 7.11 Å². The molecule has 0 aromatic heterocycles. The van der Waals surface area contributed by atoms with Crippen molar-refractivity contribution >= 4 is 5.97 Å². The van der Waals surface area contributed by atoms with Gasteiger partial charge >= 0.3 is 5.97 Å². The van der Waals surface area contributed by atoms with Crippen LogP contribution >= 0.6 is 0 Å². The summed E-state index contributed by atoms with van der Waals surface area (Å²) in [5.41, 5.74) is 0.324. The fourth-order valence-corrected chi connectivity index (χ4v) is 0.628. The number of aliphatic carboxylic acids is 1. The normalized spacial score (nSPS) is 11.2. The van der Waals surface area contributed by atoms with Gasteiger partial charge in [-0.2, -0.15) is 0 Å². The lowest BCUT2D eigenvalue weighted by molar-refractivity contribution is -0.133. The van der Waals surface area contributed by atoms with Crippen LogP contribution in [0, 0.1) is 0 Å². The molecule has 0 aromatic rings. The van der Waals surface area contributed by atoms with Gasteiger partial charge in [-0.1, -0.05) is 13.3 Å². The highest BCUT2D eigenvalue weighted by Crippen LogP contribution is 2.03. The van der Waals surface area contributed by atoms with Gasteiger partial charge < -0.3 is 9.84 Å². The van der Waals surface area contributed by atoms with Crippen molar-refractivity contribution in [3.8, 4) is 0 Å². The van der Waals surface area contributed by atoms with Gasteiger partial charge in [0.25, 0.3) is 0 Å². The van der Waals surface area contributed by atoms with Crippen molar-refractivity contribution in [3.05, 3.63) is 11.8 Å². The highest BCUT2D eigenvalue weighted by molar-refractivity contribution is 5.86. The zero-order valence-corrected chi connectivity index (χ0v) is 6.26. The second-order valence-electron chi connectivity index (χ2n) is 1.93. The van der Waals surface area contributed by atoms with Crippen molar-refractivity contribution in [1.82, 2.24) is 0 Å². The SMILES string of the molecule is CCCC(=COC)C(=O)O. The molecule has 0 amide bonds. The van der Waals surface area contributed by atoms with Crippen molar-refractivity contribution in [3.63, 3.8) is 0 Å². The number of hydrogen-bond donors (Lipinski definition) is 1. The molecule has 0 aromatic carbocycles. The van der Waals surface area contributed by atoms with Crippen molar-refractivity contribution in [2.45, 2.75) is 19.8 Å². The van der Waals surface area contributed by atoms with E-state index in [1.165, 1.54) is 13.4 Å². The Morgan fingerprint density at radius 2 is 2.30 bits per heavy atom. The predicted octanol–water partition coefficient (Wildman–Crippen LogP) is 1.40. The topological polar surface area (TPSA) is 46.5 Å². The summed E-state index contributed by atoms with van der Waals surface area (Å²) in [4.78, 5) is 10.3. The van der Waals surface area contributed by atoms with Crippen molar-refractivity contribution in [1.29, 1.82) is 0 Å². The van der Waals surface area contributed by atoms with Gasteiger partial charge in [-0.25, -0.2) is 4.79 Å². The minimum atomic E-state index is -0.899. The van der Waals surface area contributed by atoms with E-state index in [4.69, 9.17) is 5.11 Å². The Morgan fingerprint density at radius 3 is 2.60 bits per heavy atom. The number of rotatable bonds is 4. The Morgan fingerprint density at radius 1 is 1.70 bits per heavy atom. The molecule has 0 aliphatic heterocycles. The minimum absolute atomic E-state index is 0.324. The molecule has 0 radical (unpaired) electrons. The first kappa shape index (κ1) is 9.01. The Balaban J connectivity index is 3.98. The number of carbonyl (C=O) groups is 1. The van der Waals surface area contributed by atoms with Gasteiger partial charge in [0.15, 0.2) is 0 Å². The van der Waals surface area contributed by atoms with E-state index in [2.05, 4.69) is 4.74 Å². The van der Waals surface area contributed by atoms with Crippen LogP contribution in [-0.4, -0.2) is 18.2 Å². The van der Waals surface area contributed by atoms with E-state index in [9.17, 15) is 4.79 Å². The molecule has 0 heterocycles. The van der Waals surface area contributed by atoms with E-state index < -0.39 is 5.97 Å². The van der Waals surface area contributed by atoms with Crippen LogP contribution in [0.5, 0.6) is 0 Å². The Labute approximate surface area is 60.3 Å². The minimum Gasteiger partial charge on any atom is -0.504 e. The molecule has 1 N–H and O–H groups in total. The van der Waals surface area contributed by atoms with Gasteiger partial charge in [0.2, 0.25) is 0 Å². The molecule has 0 aliphatic carbocycles. The third-order valence-corrected chi connectivity index (χ3v) is 1.05. The van der Waals surface area contributed by atoms with E-state index in [0.717, 1.165) is 6.42 Å². The standard InChI is InChI=1S/C7H12O3/c1-3-4-6(5-10-2)7(8)9/h5H,3-4H2,1-2H3,(H,8,9). The smallest absolute Gasteiger partial charge is 0.334 e. The summed E-state index contributed by atoms with van der Waals surface area (Å²) in [6, 6.07) is 0. The van der Waals surface area contributed by atoms with E-state index in [1.807, 2.05) is 6.92 Å². The molecule has 0 saturated heterocycles. The Kier molecular flexibility index (Phi) is 4.37. The molecule has 58 valence electrons. The maximum absolute atomic E-state index is 10.3. The van der Waals surface area contributed by atoms with Gasteiger partial charge in [-0.05, 0) is 6.42 Å². The Bertz CT molecular complexity index is 138. The summed E-state index contributed by atoms with van der Waals surface area (Å²) in [5.74, 6) is -0.899. The highest BCUT2D eigenvalue weighted by atomic mass is 16.5. The molecular weight excluding hydrogens is 132 g/mol. The molecule has 0 bridgehead atoms. The van der Waals surface area contributed by atoms with E-state index in [-0.39, 0.29) is 0 Å². The van der Waals surface area contributed by atoms with Gasteiger partial charge in [0.1, 0.15) is 0 Å². The predicted molar refractivity (Wildman–Crippen MR) is 37.6 cm³/mol. The second kappa shape index (κ2) is 4.85. The van der Waals surface area contributed by atoms with Crippen LogP contribution in [0.4, 0.5) is 0 Å². The fraction of sp³-hybridized carbons (Fsp3) is 0.571. The van der Waals surface area contributed by atoms with E-state index in [1.54, 1.807) is 0 Å². The summed E-state index contributed by atoms with van der Waals surface area (Å²) >= 11 is 0. The lowest BCUT2D eigenvalue weighted by atomic mass is 10.2. The summed E-state index contributed by atoms with van der Waals surface area (Å²) in [6.07, 6.45) is 2.65. The lowest BCUT2D eigenvalue weighted by Gasteiger charge is -1.97. The maximum Gasteiger partial charge on any atom is 0.334 e. The van der Waals surface area contributed by atoms with E-state index >= 15 is 0 Å². The quantitative estimate of drug-likeness (QED) is 0.479. The van der Waals surface area contributed by atoms with Gasteiger partial charge in [-0.15, -0.1) is 0 Å². The summed E-state index contributed by atoms with van der Waals surface area (Å²) < 4.78 is 4.57. The molecule has 0 aliphatic rings. The number of methoxy groups -OCH3 is 1. The van der Waals surface area contributed by atoms with Crippen LogP contribution in [0.2, 0.25) is 0 Å². The van der Waals surface area contributed by atoms with Gasteiger partial charge in [-0.3, -0.25) is 0 Å². The van der Waals surface area contributed by atoms with Crippen LogP contribution in [0.15, 0.2) is 11.8 Å². The summed E-state index contributed by atoms with van der Waals surface area (Å²) in [7, 11) is 1.44. The monoisotopic (exact) mass is 144 g/mol. The van der Waals surface area contributed by atoms with Crippen LogP contribution in [-0.2, 0) is 9.53 Å². The number of ether oxygens (including phenoxy) is 1. The van der Waals surface area contributed by atoms with Crippen LogP contribution in [0.25, 0.3) is 0 Å². The van der Waals surface area contributed by atoms with Crippen molar-refractivity contribution < 1.29 is 14.6 Å². The number of carboxylic acids is 1. The van der Waals surface area contributed by atoms with Crippen LogP contribution < -0.4 is 0 Å². The zero-order valence-electron chi connectivity index (χ0n) is 6.26. The maximum atomic E-state index is 10.3. The second-order valence-corrected chi connectivity index (χ2v) is 1.93. The molecule has 0 atom stereocenters. The molecule has 3 nitrogen and oxygen atoms in total. The average molecular weight is 144 g/mol. The third kappa shape index (κ3) is 3.12. The zero-order chi connectivity index (χ0) is 7.98. The molecule has 3 heteroatoms.